The zero-order valence-corrected chi connectivity index (χ0v) is 16.4. The molecule has 0 heterocycles. The van der Waals surface area contributed by atoms with Crippen LogP contribution in [-0.2, 0) is 0 Å². The normalized spacial score (nSPS) is 12.4. The van der Waals surface area contributed by atoms with Gasteiger partial charge in [-0.2, -0.15) is 13.2 Å². The van der Waals surface area contributed by atoms with Gasteiger partial charge < -0.3 is 25.0 Å². The number of para-hydroxylation sites is 2. The van der Waals surface area contributed by atoms with Crippen LogP contribution in [-0.4, -0.2) is 51.5 Å². The highest BCUT2D eigenvalue weighted by Gasteiger charge is 2.29. The number of nitrogens with one attached hydrogen (secondary N) is 2. The standard InChI is InChI=1S/C20H24F3N3O3/c1-26(2)17(14-7-6-8-15(11-14)28-3)12-24-19(27)25-16-9-4-5-10-18(16)29-13-20(21,22)23/h4-11,17H,12-13H2,1-3H3,(H2,24,25,27). The van der Waals surface area contributed by atoms with Gasteiger partial charge in [-0.3, -0.25) is 0 Å². The van der Waals surface area contributed by atoms with Gasteiger partial charge >= 0.3 is 12.2 Å². The molecule has 0 fully saturated rings. The molecule has 2 N–H and O–H groups in total. The number of benzene rings is 2. The monoisotopic (exact) mass is 411 g/mol. The van der Waals surface area contributed by atoms with Gasteiger partial charge in [0.05, 0.1) is 18.8 Å². The maximum absolute atomic E-state index is 12.4. The van der Waals surface area contributed by atoms with E-state index in [-0.39, 0.29) is 24.0 Å². The topological polar surface area (TPSA) is 62.8 Å². The highest BCUT2D eigenvalue weighted by atomic mass is 19.4. The summed E-state index contributed by atoms with van der Waals surface area (Å²) in [4.78, 5) is 14.2. The number of halogens is 3. The van der Waals surface area contributed by atoms with Crippen LogP contribution in [0.25, 0.3) is 0 Å². The Morgan fingerprint density at radius 1 is 1.14 bits per heavy atom. The van der Waals surface area contributed by atoms with Gasteiger partial charge in [0, 0.05) is 6.54 Å². The second kappa shape index (κ2) is 10.0. The van der Waals surface area contributed by atoms with E-state index >= 15 is 0 Å². The molecule has 0 saturated heterocycles. The van der Waals surface area contributed by atoms with Gasteiger partial charge in [-0.25, -0.2) is 4.79 Å². The lowest BCUT2D eigenvalue weighted by Gasteiger charge is -2.25. The lowest BCUT2D eigenvalue weighted by Crippen LogP contribution is -2.37. The van der Waals surface area contributed by atoms with Crippen LogP contribution in [0.4, 0.5) is 23.7 Å². The fourth-order valence-electron chi connectivity index (χ4n) is 2.66. The van der Waals surface area contributed by atoms with Crippen molar-refractivity contribution in [2.75, 3.05) is 39.7 Å². The summed E-state index contributed by atoms with van der Waals surface area (Å²) in [5.41, 5.74) is 1.10. The Kier molecular flexibility index (Phi) is 7.72. The molecule has 0 aliphatic carbocycles. The van der Waals surface area contributed by atoms with Crippen LogP contribution >= 0.6 is 0 Å². The molecular formula is C20H24F3N3O3. The van der Waals surface area contributed by atoms with Crippen LogP contribution < -0.4 is 20.1 Å². The lowest BCUT2D eigenvalue weighted by molar-refractivity contribution is -0.153. The molecule has 0 spiro atoms. The van der Waals surface area contributed by atoms with Gasteiger partial charge in [0.15, 0.2) is 6.61 Å². The molecule has 2 aromatic carbocycles. The molecule has 0 aromatic heterocycles. The van der Waals surface area contributed by atoms with Crippen LogP contribution in [0.3, 0.4) is 0 Å². The van der Waals surface area contributed by atoms with Crippen molar-refractivity contribution in [3.63, 3.8) is 0 Å². The number of likely N-dealkylation sites (N-methyl/N-ethyl adjacent to an activating group) is 1. The molecule has 0 bridgehead atoms. The first-order chi connectivity index (χ1) is 13.7. The average molecular weight is 411 g/mol. The molecule has 0 saturated carbocycles. The van der Waals surface area contributed by atoms with E-state index in [0.29, 0.717) is 5.75 Å². The molecule has 2 amide bonds. The molecule has 0 radical (unpaired) electrons. The van der Waals surface area contributed by atoms with E-state index in [2.05, 4.69) is 10.6 Å². The van der Waals surface area contributed by atoms with E-state index in [1.54, 1.807) is 13.2 Å². The number of urea groups is 1. The van der Waals surface area contributed by atoms with Crippen LogP contribution in [0.2, 0.25) is 0 Å². The number of amides is 2. The van der Waals surface area contributed by atoms with Crippen LogP contribution in [0.5, 0.6) is 11.5 Å². The van der Waals surface area contributed by atoms with Crippen molar-refractivity contribution >= 4 is 11.7 Å². The molecule has 0 aliphatic heterocycles. The molecule has 2 aromatic rings. The SMILES string of the molecule is COc1cccc(C(CNC(=O)Nc2ccccc2OCC(F)(F)F)N(C)C)c1. The summed E-state index contributed by atoms with van der Waals surface area (Å²) in [6.45, 7) is -1.16. The number of ether oxygens (including phenoxy) is 2. The number of anilines is 1. The fraction of sp³-hybridized carbons (Fsp3) is 0.350. The zero-order valence-electron chi connectivity index (χ0n) is 16.4. The summed E-state index contributed by atoms with van der Waals surface area (Å²) < 4.78 is 47.2. The second-order valence-electron chi connectivity index (χ2n) is 6.49. The Morgan fingerprint density at radius 3 is 2.52 bits per heavy atom. The van der Waals surface area contributed by atoms with Crippen molar-refractivity contribution < 1.29 is 27.4 Å². The zero-order chi connectivity index (χ0) is 21.4. The molecule has 0 aliphatic rings. The molecular weight excluding hydrogens is 387 g/mol. The third kappa shape index (κ3) is 7.19. The molecule has 9 heteroatoms. The van der Waals surface area contributed by atoms with Crippen molar-refractivity contribution in [2.45, 2.75) is 12.2 Å². The number of methoxy groups -OCH3 is 1. The first-order valence-corrected chi connectivity index (χ1v) is 8.83. The maximum Gasteiger partial charge on any atom is 0.422 e. The largest absolute Gasteiger partial charge is 0.497 e. The first kappa shape index (κ1) is 22.4. The summed E-state index contributed by atoms with van der Waals surface area (Å²) >= 11 is 0. The number of nitrogens with zero attached hydrogens (tertiary/aromatic N) is 1. The predicted octanol–water partition coefficient (Wildman–Crippen LogP) is 4.06. The van der Waals surface area contributed by atoms with E-state index in [4.69, 9.17) is 9.47 Å². The molecule has 2 rings (SSSR count). The van der Waals surface area contributed by atoms with Crippen molar-refractivity contribution in [2.24, 2.45) is 0 Å². The van der Waals surface area contributed by atoms with Gasteiger partial charge in [0.2, 0.25) is 0 Å². The number of hydrogen-bond donors (Lipinski definition) is 2. The van der Waals surface area contributed by atoms with E-state index in [0.717, 1.165) is 5.56 Å². The predicted molar refractivity (Wildman–Crippen MR) is 104 cm³/mol. The van der Waals surface area contributed by atoms with Gasteiger partial charge in [0.25, 0.3) is 0 Å². The average Bonchev–Trinajstić information content (AvgIpc) is 2.66. The first-order valence-electron chi connectivity index (χ1n) is 8.83. The maximum atomic E-state index is 12.4. The molecule has 158 valence electrons. The summed E-state index contributed by atoms with van der Waals surface area (Å²) in [7, 11) is 5.34. The minimum Gasteiger partial charge on any atom is -0.497 e. The van der Waals surface area contributed by atoms with E-state index in [1.807, 2.05) is 43.3 Å². The lowest BCUT2D eigenvalue weighted by atomic mass is 10.1. The summed E-state index contributed by atoms with van der Waals surface area (Å²) in [5.74, 6) is 0.645. The number of carbonyl (C=O) groups excluding carboxylic acids is 1. The molecule has 6 nitrogen and oxygen atoms in total. The molecule has 29 heavy (non-hydrogen) atoms. The Bertz CT molecular complexity index is 813. The van der Waals surface area contributed by atoms with Crippen molar-refractivity contribution in [1.82, 2.24) is 10.2 Å². The second-order valence-corrected chi connectivity index (χ2v) is 6.49. The Morgan fingerprint density at radius 2 is 1.86 bits per heavy atom. The minimum absolute atomic E-state index is 0.0584. The number of rotatable bonds is 8. The summed E-state index contributed by atoms with van der Waals surface area (Å²) in [6.07, 6.45) is -4.47. The Labute approximate surface area is 167 Å². The number of carbonyl (C=O) groups is 1. The smallest absolute Gasteiger partial charge is 0.422 e. The third-order valence-electron chi connectivity index (χ3n) is 4.08. The quantitative estimate of drug-likeness (QED) is 0.688. The van der Waals surface area contributed by atoms with E-state index in [1.165, 1.54) is 18.2 Å². The highest BCUT2D eigenvalue weighted by Crippen LogP contribution is 2.26. The van der Waals surface area contributed by atoms with Crippen molar-refractivity contribution in [3.8, 4) is 11.5 Å². The Balaban J connectivity index is 2.01. The van der Waals surface area contributed by atoms with Gasteiger partial charge in [0.1, 0.15) is 11.5 Å². The van der Waals surface area contributed by atoms with Gasteiger partial charge in [-0.05, 0) is 43.9 Å². The van der Waals surface area contributed by atoms with Crippen LogP contribution in [0.15, 0.2) is 48.5 Å². The van der Waals surface area contributed by atoms with Crippen molar-refractivity contribution in [3.05, 3.63) is 54.1 Å². The van der Waals surface area contributed by atoms with Crippen LogP contribution in [0, 0.1) is 0 Å². The fourth-order valence-corrected chi connectivity index (χ4v) is 2.66. The highest BCUT2D eigenvalue weighted by molar-refractivity contribution is 5.90. The van der Waals surface area contributed by atoms with Gasteiger partial charge in [-0.15, -0.1) is 0 Å². The molecule has 1 unspecified atom stereocenters. The van der Waals surface area contributed by atoms with Crippen molar-refractivity contribution in [1.29, 1.82) is 0 Å². The molecule has 1 atom stereocenters. The van der Waals surface area contributed by atoms with Crippen LogP contribution in [0.1, 0.15) is 11.6 Å². The Hall–Kier alpha value is -2.94. The number of alkyl halides is 3. The minimum atomic E-state index is -4.47. The van der Waals surface area contributed by atoms with Gasteiger partial charge in [-0.1, -0.05) is 24.3 Å². The summed E-state index contributed by atoms with van der Waals surface area (Å²) in [6, 6.07) is 12.8. The third-order valence-corrected chi connectivity index (χ3v) is 4.08. The number of hydrogen-bond acceptors (Lipinski definition) is 4. The summed E-state index contributed by atoms with van der Waals surface area (Å²) in [5, 5.41) is 5.27. The van der Waals surface area contributed by atoms with E-state index < -0.39 is 18.8 Å². The van der Waals surface area contributed by atoms with E-state index in [9.17, 15) is 18.0 Å².